The van der Waals surface area contributed by atoms with Gasteiger partial charge in [-0.1, -0.05) is 42.6 Å². The first-order valence-electron chi connectivity index (χ1n) is 9.67. The number of fused-ring (bicyclic) bond motifs is 1. The molecule has 0 bridgehead atoms. The molecule has 7 heteroatoms. The lowest BCUT2D eigenvalue weighted by Gasteiger charge is -2.22. The van der Waals surface area contributed by atoms with Crippen LogP contribution >= 0.6 is 23.4 Å². The van der Waals surface area contributed by atoms with Crippen LogP contribution in [0.1, 0.15) is 39.0 Å². The number of hydrogen-bond donors (Lipinski definition) is 1. The zero-order chi connectivity index (χ0) is 19.2. The van der Waals surface area contributed by atoms with Gasteiger partial charge < -0.3 is 14.6 Å². The number of benzene rings is 1. The van der Waals surface area contributed by atoms with Gasteiger partial charge in [0.1, 0.15) is 0 Å². The summed E-state index contributed by atoms with van der Waals surface area (Å²) in [7, 11) is 1.68. The Kier molecular flexibility index (Phi) is 7.44. The Balaban J connectivity index is 1.67. The van der Waals surface area contributed by atoms with Crippen molar-refractivity contribution in [1.29, 1.82) is 0 Å². The minimum absolute atomic E-state index is 0.0777. The monoisotopic (exact) mass is 409 g/mol. The van der Waals surface area contributed by atoms with Gasteiger partial charge in [-0.25, -0.2) is 4.98 Å². The number of thioether (sulfide) groups is 1. The van der Waals surface area contributed by atoms with Gasteiger partial charge in [-0.15, -0.1) is 0 Å². The number of imidazole rings is 1. The van der Waals surface area contributed by atoms with E-state index in [2.05, 4.69) is 9.88 Å². The molecule has 1 amide bonds. The third kappa shape index (κ3) is 5.39. The molecule has 1 saturated carbocycles. The van der Waals surface area contributed by atoms with E-state index < -0.39 is 0 Å². The molecule has 27 heavy (non-hydrogen) atoms. The summed E-state index contributed by atoms with van der Waals surface area (Å²) in [5.41, 5.74) is 1.85. The Hall–Kier alpha value is -1.24. The van der Waals surface area contributed by atoms with E-state index >= 15 is 0 Å². The zero-order valence-electron chi connectivity index (χ0n) is 16.0. The Bertz CT molecular complexity index is 774. The normalized spacial score (nSPS) is 16.6. The summed E-state index contributed by atoms with van der Waals surface area (Å²) >= 11 is 7.60. The van der Waals surface area contributed by atoms with Gasteiger partial charge in [0.15, 0.2) is 5.16 Å². The molecule has 1 unspecified atom stereocenters. The summed E-state index contributed by atoms with van der Waals surface area (Å²) < 4.78 is 7.34. The van der Waals surface area contributed by atoms with Crippen LogP contribution in [0.5, 0.6) is 0 Å². The van der Waals surface area contributed by atoms with Crippen LogP contribution in [0.4, 0.5) is 0 Å². The van der Waals surface area contributed by atoms with Crippen LogP contribution < -0.4 is 5.32 Å². The molecule has 1 aromatic carbocycles. The van der Waals surface area contributed by atoms with Crippen LogP contribution in [-0.4, -0.2) is 41.0 Å². The number of nitrogens with one attached hydrogen (secondary N) is 1. The number of nitrogens with zero attached hydrogens (tertiary/aromatic N) is 2. The fourth-order valence-electron chi connectivity index (χ4n) is 3.56. The van der Waals surface area contributed by atoms with E-state index in [1.54, 1.807) is 7.11 Å². The van der Waals surface area contributed by atoms with Crippen LogP contribution in [0.3, 0.4) is 0 Å². The molecule has 1 fully saturated rings. The SMILES string of the molecule is COCCn1c(SC(C)C(=O)NCC2CCCCC2)nc2cc(Cl)ccc21. The number of carbonyl (C=O) groups is 1. The van der Waals surface area contributed by atoms with Crippen molar-refractivity contribution in [2.24, 2.45) is 5.92 Å². The number of aromatic nitrogens is 2. The van der Waals surface area contributed by atoms with Crippen LogP contribution in [0.25, 0.3) is 11.0 Å². The maximum absolute atomic E-state index is 12.6. The van der Waals surface area contributed by atoms with E-state index in [0.29, 0.717) is 24.1 Å². The van der Waals surface area contributed by atoms with E-state index in [-0.39, 0.29) is 11.2 Å². The molecule has 0 saturated heterocycles. The van der Waals surface area contributed by atoms with Crippen LogP contribution in [0, 0.1) is 5.92 Å². The van der Waals surface area contributed by atoms with Gasteiger partial charge in [0.05, 0.1) is 22.9 Å². The number of hydrogen-bond acceptors (Lipinski definition) is 4. The Morgan fingerprint density at radius 2 is 2.19 bits per heavy atom. The summed E-state index contributed by atoms with van der Waals surface area (Å²) in [6.07, 6.45) is 6.37. The molecule has 5 nitrogen and oxygen atoms in total. The second kappa shape index (κ2) is 9.80. The van der Waals surface area contributed by atoms with E-state index in [9.17, 15) is 4.79 Å². The van der Waals surface area contributed by atoms with Crippen molar-refractivity contribution >= 4 is 40.3 Å². The first-order chi connectivity index (χ1) is 13.1. The number of amides is 1. The molecular weight excluding hydrogens is 382 g/mol. The van der Waals surface area contributed by atoms with Crippen molar-refractivity contribution < 1.29 is 9.53 Å². The van der Waals surface area contributed by atoms with Crippen LogP contribution in [-0.2, 0) is 16.1 Å². The highest BCUT2D eigenvalue weighted by atomic mass is 35.5. The minimum atomic E-state index is -0.206. The Labute approximate surface area is 170 Å². The summed E-state index contributed by atoms with van der Waals surface area (Å²) in [5, 5.41) is 4.41. The highest BCUT2D eigenvalue weighted by molar-refractivity contribution is 8.00. The number of methoxy groups -OCH3 is 1. The van der Waals surface area contributed by atoms with Crippen molar-refractivity contribution in [3.05, 3.63) is 23.2 Å². The summed E-state index contributed by atoms with van der Waals surface area (Å²) in [6, 6.07) is 5.69. The minimum Gasteiger partial charge on any atom is -0.383 e. The average Bonchev–Trinajstić information content (AvgIpc) is 3.01. The molecule has 1 heterocycles. The quantitative estimate of drug-likeness (QED) is 0.651. The van der Waals surface area contributed by atoms with Crippen molar-refractivity contribution in [1.82, 2.24) is 14.9 Å². The molecule has 1 aliphatic rings. The van der Waals surface area contributed by atoms with Gasteiger partial charge in [-0.2, -0.15) is 0 Å². The van der Waals surface area contributed by atoms with Crippen molar-refractivity contribution in [2.75, 3.05) is 20.3 Å². The third-order valence-corrected chi connectivity index (χ3v) is 6.46. The molecule has 1 N–H and O–H groups in total. The van der Waals surface area contributed by atoms with Gasteiger partial charge in [0.25, 0.3) is 0 Å². The number of ether oxygens (including phenoxy) is 1. The summed E-state index contributed by atoms with van der Waals surface area (Å²) in [6.45, 7) is 4.00. The van der Waals surface area contributed by atoms with Crippen molar-refractivity contribution in [3.63, 3.8) is 0 Å². The molecule has 0 spiro atoms. The predicted molar refractivity (Wildman–Crippen MR) is 112 cm³/mol. The van der Waals surface area contributed by atoms with Gasteiger partial charge in [-0.3, -0.25) is 4.79 Å². The Morgan fingerprint density at radius 3 is 2.93 bits per heavy atom. The molecule has 1 aromatic heterocycles. The van der Waals surface area contributed by atoms with Crippen LogP contribution in [0.2, 0.25) is 5.02 Å². The fourth-order valence-corrected chi connectivity index (χ4v) is 4.70. The third-order valence-electron chi connectivity index (χ3n) is 5.14. The lowest BCUT2D eigenvalue weighted by molar-refractivity contribution is -0.120. The average molecular weight is 410 g/mol. The van der Waals surface area contributed by atoms with E-state index in [4.69, 9.17) is 21.3 Å². The Morgan fingerprint density at radius 1 is 1.41 bits per heavy atom. The lowest BCUT2D eigenvalue weighted by Crippen LogP contribution is -2.35. The van der Waals surface area contributed by atoms with E-state index in [0.717, 1.165) is 22.7 Å². The maximum atomic E-state index is 12.6. The lowest BCUT2D eigenvalue weighted by atomic mass is 9.89. The van der Waals surface area contributed by atoms with Gasteiger partial charge in [0, 0.05) is 25.2 Å². The molecule has 1 atom stereocenters. The van der Waals surface area contributed by atoms with Crippen molar-refractivity contribution in [2.45, 2.75) is 56.0 Å². The first-order valence-corrected chi connectivity index (χ1v) is 10.9. The maximum Gasteiger partial charge on any atom is 0.233 e. The van der Waals surface area contributed by atoms with Gasteiger partial charge in [0.2, 0.25) is 5.91 Å². The standard InChI is InChI=1S/C20H28ClN3O2S/c1-14(19(25)22-13-15-6-4-3-5-7-15)27-20-23-17-12-16(21)8-9-18(17)24(20)10-11-26-2/h8-9,12,14-15H,3-7,10-11,13H2,1-2H3,(H,22,25). The van der Waals surface area contributed by atoms with Gasteiger partial charge >= 0.3 is 0 Å². The van der Waals surface area contributed by atoms with E-state index in [1.807, 2.05) is 25.1 Å². The second-order valence-electron chi connectivity index (χ2n) is 7.18. The summed E-state index contributed by atoms with van der Waals surface area (Å²) in [5.74, 6) is 0.710. The molecule has 1 aliphatic carbocycles. The zero-order valence-corrected chi connectivity index (χ0v) is 17.6. The molecule has 3 rings (SSSR count). The molecule has 2 aromatic rings. The first kappa shape index (κ1) is 20.5. The second-order valence-corrected chi connectivity index (χ2v) is 8.93. The molecule has 0 aliphatic heterocycles. The molecule has 148 valence electrons. The topological polar surface area (TPSA) is 56.1 Å². The number of carbonyl (C=O) groups excluding carboxylic acids is 1. The summed E-state index contributed by atoms with van der Waals surface area (Å²) in [4.78, 5) is 17.3. The van der Waals surface area contributed by atoms with Crippen LogP contribution in [0.15, 0.2) is 23.4 Å². The smallest absolute Gasteiger partial charge is 0.233 e. The fraction of sp³-hybridized carbons (Fsp3) is 0.600. The largest absolute Gasteiger partial charge is 0.383 e. The van der Waals surface area contributed by atoms with Crippen molar-refractivity contribution in [3.8, 4) is 0 Å². The predicted octanol–water partition coefficient (Wildman–Crippen LogP) is 4.51. The molecule has 0 radical (unpaired) electrons. The number of halogens is 1. The number of rotatable bonds is 8. The van der Waals surface area contributed by atoms with E-state index in [1.165, 1.54) is 43.9 Å². The highest BCUT2D eigenvalue weighted by Crippen LogP contribution is 2.29. The highest BCUT2D eigenvalue weighted by Gasteiger charge is 2.21. The molecular formula is C20H28ClN3O2S. The van der Waals surface area contributed by atoms with Gasteiger partial charge in [-0.05, 0) is 43.9 Å².